The van der Waals surface area contributed by atoms with Crippen molar-refractivity contribution in [3.63, 3.8) is 0 Å². The molecule has 1 spiro atoms. The normalized spacial score (nSPS) is 27.8. The van der Waals surface area contributed by atoms with Crippen molar-refractivity contribution in [1.82, 2.24) is 14.8 Å². The van der Waals surface area contributed by atoms with E-state index in [9.17, 15) is 9.90 Å². The number of nitrogens with one attached hydrogen (secondary N) is 1. The molecule has 0 radical (unpaired) electrons. The highest BCUT2D eigenvalue weighted by molar-refractivity contribution is 6.30. The fourth-order valence-corrected chi connectivity index (χ4v) is 10.5. The third-order valence-corrected chi connectivity index (χ3v) is 13.5. The van der Waals surface area contributed by atoms with E-state index in [1.54, 1.807) is 0 Å². The molecule has 1 saturated carbocycles. The van der Waals surface area contributed by atoms with Gasteiger partial charge in [-0.25, -0.2) is 4.79 Å². The van der Waals surface area contributed by atoms with Crippen molar-refractivity contribution in [1.29, 1.82) is 0 Å². The second-order valence-electron chi connectivity index (χ2n) is 16.9. The fourth-order valence-electron chi connectivity index (χ4n) is 10.3. The Labute approximate surface area is 316 Å². The first-order valence-electron chi connectivity index (χ1n) is 20.0. The van der Waals surface area contributed by atoms with Gasteiger partial charge in [0.1, 0.15) is 11.3 Å². The molecule has 0 bridgehead atoms. The maximum Gasteiger partial charge on any atom is 0.329 e. The highest BCUT2D eigenvalue weighted by atomic mass is 35.5. The van der Waals surface area contributed by atoms with Gasteiger partial charge < -0.3 is 20.1 Å². The van der Waals surface area contributed by atoms with Gasteiger partial charge in [-0.15, -0.1) is 0 Å². The molecule has 0 amide bonds. The first kappa shape index (κ1) is 37.2. The summed E-state index contributed by atoms with van der Waals surface area (Å²) in [5.41, 5.74) is 6.49. The van der Waals surface area contributed by atoms with Gasteiger partial charge in [-0.3, -0.25) is 9.88 Å². The van der Waals surface area contributed by atoms with Gasteiger partial charge in [0, 0.05) is 47.8 Å². The second kappa shape index (κ2) is 15.7. The molecule has 2 N–H and O–H groups in total. The first-order chi connectivity index (χ1) is 25.1. The zero-order chi connectivity index (χ0) is 36.5. The average Bonchev–Trinajstić information content (AvgIpc) is 3.67. The van der Waals surface area contributed by atoms with E-state index >= 15 is 0 Å². The van der Waals surface area contributed by atoms with Gasteiger partial charge >= 0.3 is 5.97 Å². The maximum atomic E-state index is 13.1. The van der Waals surface area contributed by atoms with Crippen LogP contribution in [-0.4, -0.2) is 71.2 Å². The standard InChI is InChI=1S/C44H59ClN4O3/c1-5-49(28-33-15-21-48(4)26-33)27-32-12-13-34-24-35(22-30(2)29-52-40-14-20-46-39-11-6-8-31(3)41(39)40)43(38(34)23-32)16-18-44(19-17-43,42(50)51)47-37-10-7-9-36(45)25-37/h7,9-10,12-14,20,23,25,30-31,33,35,47H,5-6,8,11,15-19,21-22,24,26-29H2,1-4H3,(H,50,51)/t30-,31-,33?,35+,43?,44?/m1/s1. The Balaban J connectivity index is 1.12. The number of hydrogen-bond acceptors (Lipinski definition) is 6. The molecule has 1 unspecified atom stereocenters. The van der Waals surface area contributed by atoms with Crippen LogP contribution in [0.25, 0.3) is 0 Å². The number of carboxylic acid groups (broad SMARTS) is 1. The number of aromatic nitrogens is 1. The van der Waals surface area contributed by atoms with Crippen molar-refractivity contribution in [2.24, 2.45) is 17.8 Å². The number of nitrogens with zero attached hydrogens (tertiary/aromatic N) is 3. The molecule has 2 heterocycles. The third kappa shape index (κ3) is 7.74. The van der Waals surface area contributed by atoms with Crippen LogP contribution in [0.3, 0.4) is 0 Å². The van der Waals surface area contributed by atoms with Crippen molar-refractivity contribution < 1.29 is 14.6 Å². The molecule has 3 aromatic rings. The van der Waals surface area contributed by atoms with E-state index in [4.69, 9.17) is 21.3 Å². The Morgan fingerprint density at radius 3 is 2.71 bits per heavy atom. The lowest BCUT2D eigenvalue weighted by molar-refractivity contribution is -0.144. The lowest BCUT2D eigenvalue weighted by Gasteiger charge is -2.47. The number of anilines is 1. The number of aliphatic carboxylic acids is 1. The smallest absolute Gasteiger partial charge is 0.329 e. The Bertz CT molecular complexity index is 1720. The predicted octanol–water partition coefficient (Wildman–Crippen LogP) is 8.97. The summed E-state index contributed by atoms with van der Waals surface area (Å²) in [6.07, 6.45) is 11.5. The number of carboxylic acids is 1. The van der Waals surface area contributed by atoms with E-state index in [0.717, 1.165) is 69.1 Å². The number of benzene rings is 2. The molecule has 8 heteroatoms. The summed E-state index contributed by atoms with van der Waals surface area (Å²) >= 11 is 6.33. The second-order valence-corrected chi connectivity index (χ2v) is 17.4. The van der Waals surface area contributed by atoms with Gasteiger partial charge in [0.25, 0.3) is 0 Å². The van der Waals surface area contributed by atoms with Crippen molar-refractivity contribution >= 4 is 23.3 Å². The number of hydrogen-bond donors (Lipinski definition) is 2. The Morgan fingerprint density at radius 2 is 1.98 bits per heavy atom. The van der Waals surface area contributed by atoms with Crippen LogP contribution < -0.4 is 10.1 Å². The average molecular weight is 727 g/mol. The first-order valence-corrected chi connectivity index (χ1v) is 20.4. The van der Waals surface area contributed by atoms with E-state index < -0.39 is 11.5 Å². The summed E-state index contributed by atoms with van der Waals surface area (Å²) in [6.45, 7) is 13.1. The quantitative estimate of drug-likeness (QED) is 0.182. The molecule has 7 nitrogen and oxygen atoms in total. The molecule has 2 fully saturated rings. The topological polar surface area (TPSA) is 77.9 Å². The van der Waals surface area contributed by atoms with Crippen molar-refractivity contribution in [3.05, 3.63) is 87.7 Å². The minimum atomic E-state index is -1.03. The minimum absolute atomic E-state index is 0.0654. The minimum Gasteiger partial charge on any atom is -0.493 e. The number of halogens is 1. The number of ether oxygens (including phenoxy) is 1. The van der Waals surface area contributed by atoms with Crippen LogP contribution >= 0.6 is 11.6 Å². The number of likely N-dealkylation sites (tertiary alicyclic amines) is 1. The zero-order valence-electron chi connectivity index (χ0n) is 31.8. The van der Waals surface area contributed by atoms with Gasteiger partial charge in [-0.05, 0) is 154 Å². The number of pyridine rings is 1. The van der Waals surface area contributed by atoms with Crippen LogP contribution in [0.2, 0.25) is 5.02 Å². The van der Waals surface area contributed by atoms with E-state index in [0.29, 0.717) is 42.2 Å². The number of fused-ring (bicyclic) bond motifs is 3. The SMILES string of the molecule is CCN(Cc1ccc2c(c1)C1(CCC(Nc3cccc(Cl)c3)(C(=O)O)CC1)[C@@H](C[C@@H](C)COc1ccnc3c1[C@H](C)CCC3)C2)CC1CCN(C)C1. The molecule has 4 atom stereocenters. The van der Waals surface area contributed by atoms with Crippen LogP contribution in [-0.2, 0) is 29.6 Å². The van der Waals surface area contributed by atoms with Gasteiger partial charge in [-0.1, -0.05) is 56.6 Å². The molecule has 7 rings (SSSR count). The highest BCUT2D eigenvalue weighted by Crippen LogP contribution is 2.56. The number of rotatable bonds is 13. The van der Waals surface area contributed by atoms with Crippen LogP contribution in [0.1, 0.15) is 106 Å². The number of carbonyl (C=O) groups is 1. The molecule has 2 aromatic carbocycles. The largest absolute Gasteiger partial charge is 0.493 e. The van der Waals surface area contributed by atoms with Gasteiger partial charge in [0.05, 0.1) is 6.61 Å². The van der Waals surface area contributed by atoms with E-state index in [2.05, 4.69) is 67.2 Å². The Hall–Kier alpha value is -3.13. The Morgan fingerprint density at radius 1 is 1.15 bits per heavy atom. The van der Waals surface area contributed by atoms with Gasteiger partial charge in [0.2, 0.25) is 0 Å². The monoisotopic (exact) mass is 726 g/mol. The van der Waals surface area contributed by atoms with Crippen LogP contribution in [0.4, 0.5) is 5.69 Å². The lowest BCUT2D eigenvalue weighted by atomic mass is 9.59. The summed E-state index contributed by atoms with van der Waals surface area (Å²) in [5.74, 6) is 2.22. The molecule has 52 heavy (non-hydrogen) atoms. The Kier molecular flexibility index (Phi) is 11.2. The summed E-state index contributed by atoms with van der Waals surface area (Å²) in [5, 5.41) is 14.8. The van der Waals surface area contributed by atoms with Crippen molar-refractivity contribution in [2.45, 2.75) is 108 Å². The summed E-state index contributed by atoms with van der Waals surface area (Å²) < 4.78 is 6.63. The third-order valence-electron chi connectivity index (χ3n) is 13.2. The van der Waals surface area contributed by atoms with Crippen LogP contribution in [0.15, 0.2) is 54.7 Å². The number of aryl methyl sites for hydroxylation is 1. The van der Waals surface area contributed by atoms with Gasteiger partial charge in [-0.2, -0.15) is 0 Å². The molecule has 3 aliphatic carbocycles. The highest BCUT2D eigenvalue weighted by Gasteiger charge is 2.54. The lowest BCUT2D eigenvalue weighted by Crippen LogP contribution is -2.53. The van der Waals surface area contributed by atoms with E-state index in [-0.39, 0.29) is 5.41 Å². The molecular weight excluding hydrogens is 668 g/mol. The summed E-state index contributed by atoms with van der Waals surface area (Å²) in [4.78, 5) is 22.8. The predicted molar refractivity (Wildman–Crippen MR) is 211 cm³/mol. The van der Waals surface area contributed by atoms with Crippen LogP contribution in [0.5, 0.6) is 5.75 Å². The summed E-state index contributed by atoms with van der Waals surface area (Å²) in [6, 6.07) is 16.8. The van der Waals surface area contributed by atoms with Crippen molar-refractivity contribution in [3.8, 4) is 5.75 Å². The van der Waals surface area contributed by atoms with Crippen molar-refractivity contribution in [2.75, 3.05) is 45.2 Å². The molecule has 1 aromatic heterocycles. The summed E-state index contributed by atoms with van der Waals surface area (Å²) in [7, 11) is 2.24. The van der Waals surface area contributed by atoms with Gasteiger partial charge in [0.15, 0.2) is 0 Å². The molecule has 4 aliphatic rings. The molecule has 1 aliphatic heterocycles. The molecular formula is C44H59ClN4O3. The fraction of sp³-hybridized carbons (Fsp3) is 0.591. The zero-order valence-corrected chi connectivity index (χ0v) is 32.6. The maximum absolute atomic E-state index is 13.1. The van der Waals surface area contributed by atoms with E-state index in [1.807, 2.05) is 30.5 Å². The van der Waals surface area contributed by atoms with E-state index in [1.165, 1.54) is 60.3 Å². The van der Waals surface area contributed by atoms with Crippen LogP contribution in [0, 0.1) is 17.8 Å². The molecule has 280 valence electrons. The molecule has 1 saturated heterocycles.